The number of aromatic nitrogens is 2. The number of nitrogens with zero attached hydrogens (tertiary/aromatic N) is 2. The van der Waals surface area contributed by atoms with Crippen LogP contribution in [-0.2, 0) is 12.8 Å². The molecule has 0 saturated heterocycles. The van der Waals surface area contributed by atoms with Gasteiger partial charge >= 0.3 is 0 Å². The Morgan fingerprint density at radius 2 is 1.93 bits per heavy atom. The Hall–Kier alpha value is -1.64. The molecule has 0 radical (unpaired) electrons. The van der Waals surface area contributed by atoms with Gasteiger partial charge in [0, 0.05) is 11.8 Å². The second kappa shape index (κ2) is 3.85. The third kappa shape index (κ3) is 1.65. The monoisotopic (exact) mass is 201 g/mol. The number of fused-ring (bicyclic) bond motifs is 1. The van der Waals surface area contributed by atoms with Crippen molar-refractivity contribution >= 4 is 16.7 Å². The number of rotatable bonds is 2. The number of nitrogens with two attached hydrogens (primary N) is 1. The summed E-state index contributed by atoms with van der Waals surface area (Å²) in [6, 6.07) is 6.07. The van der Waals surface area contributed by atoms with E-state index in [1.54, 1.807) is 0 Å². The van der Waals surface area contributed by atoms with Gasteiger partial charge in [-0.05, 0) is 18.1 Å². The fourth-order valence-electron chi connectivity index (χ4n) is 1.73. The first-order valence-electron chi connectivity index (χ1n) is 5.30. The average molecular weight is 201 g/mol. The molecule has 2 aromatic rings. The number of aryl methyl sites for hydroxylation is 2. The highest BCUT2D eigenvalue weighted by Crippen LogP contribution is 2.21. The van der Waals surface area contributed by atoms with E-state index in [1.807, 2.05) is 19.1 Å². The van der Waals surface area contributed by atoms with E-state index in [1.165, 1.54) is 5.56 Å². The summed E-state index contributed by atoms with van der Waals surface area (Å²) in [5.41, 5.74) is 8.14. The van der Waals surface area contributed by atoms with E-state index in [-0.39, 0.29) is 0 Å². The van der Waals surface area contributed by atoms with Crippen LogP contribution in [0, 0.1) is 0 Å². The Morgan fingerprint density at radius 1 is 1.13 bits per heavy atom. The summed E-state index contributed by atoms with van der Waals surface area (Å²) in [5.74, 6) is 1.41. The molecule has 0 saturated carbocycles. The average Bonchev–Trinajstić information content (AvgIpc) is 2.28. The van der Waals surface area contributed by atoms with Gasteiger partial charge < -0.3 is 5.73 Å². The zero-order valence-electron chi connectivity index (χ0n) is 9.12. The molecular formula is C12H15N3. The van der Waals surface area contributed by atoms with Crippen molar-refractivity contribution in [3.63, 3.8) is 0 Å². The minimum atomic E-state index is 0.590. The largest absolute Gasteiger partial charge is 0.383 e. The number of hydrogen-bond acceptors (Lipinski definition) is 3. The quantitative estimate of drug-likeness (QED) is 0.811. The molecule has 0 aliphatic heterocycles. The highest BCUT2D eigenvalue weighted by atomic mass is 14.9. The van der Waals surface area contributed by atoms with Gasteiger partial charge in [0.1, 0.15) is 11.6 Å². The molecule has 2 N–H and O–H groups in total. The molecule has 0 aliphatic carbocycles. The first-order valence-corrected chi connectivity index (χ1v) is 5.30. The van der Waals surface area contributed by atoms with Crippen LogP contribution in [0.25, 0.3) is 10.9 Å². The standard InChI is InChI=1S/C12H15N3/c1-3-8-6-5-7-9-11(8)14-10(4-2)15-12(9)13/h5-7H,3-4H2,1-2H3,(H2,13,14,15). The second-order valence-electron chi connectivity index (χ2n) is 3.55. The zero-order chi connectivity index (χ0) is 10.8. The fraction of sp³-hybridized carbons (Fsp3) is 0.333. The van der Waals surface area contributed by atoms with Crippen LogP contribution < -0.4 is 5.73 Å². The Morgan fingerprint density at radius 3 is 2.60 bits per heavy atom. The number of anilines is 1. The first kappa shape index (κ1) is 9.90. The van der Waals surface area contributed by atoms with Crippen molar-refractivity contribution in [1.82, 2.24) is 9.97 Å². The summed E-state index contributed by atoms with van der Waals surface area (Å²) < 4.78 is 0. The van der Waals surface area contributed by atoms with E-state index in [0.29, 0.717) is 5.82 Å². The van der Waals surface area contributed by atoms with Gasteiger partial charge in [-0.2, -0.15) is 0 Å². The molecule has 0 amide bonds. The lowest BCUT2D eigenvalue weighted by molar-refractivity contribution is 0.960. The van der Waals surface area contributed by atoms with Gasteiger partial charge in [-0.15, -0.1) is 0 Å². The van der Waals surface area contributed by atoms with E-state index in [4.69, 9.17) is 5.73 Å². The summed E-state index contributed by atoms with van der Waals surface area (Å²) in [7, 11) is 0. The molecule has 3 nitrogen and oxygen atoms in total. The molecule has 78 valence electrons. The first-order chi connectivity index (χ1) is 7.26. The summed E-state index contributed by atoms with van der Waals surface area (Å²) in [5, 5.41) is 0.964. The van der Waals surface area contributed by atoms with Crippen LogP contribution in [0.3, 0.4) is 0 Å². The molecule has 2 rings (SSSR count). The second-order valence-corrected chi connectivity index (χ2v) is 3.55. The van der Waals surface area contributed by atoms with Gasteiger partial charge in [-0.3, -0.25) is 0 Å². The van der Waals surface area contributed by atoms with Crippen LogP contribution in [-0.4, -0.2) is 9.97 Å². The predicted molar refractivity (Wildman–Crippen MR) is 62.7 cm³/mol. The Balaban J connectivity index is 2.79. The molecule has 0 aliphatic rings. The lowest BCUT2D eigenvalue weighted by Crippen LogP contribution is -2.01. The van der Waals surface area contributed by atoms with Gasteiger partial charge in [-0.25, -0.2) is 9.97 Å². The lowest BCUT2D eigenvalue weighted by atomic mass is 10.1. The molecule has 3 heteroatoms. The zero-order valence-corrected chi connectivity index (χ0v) is 9.12. The summed E-state index contributed by atoms with van der Waals surface area (Å²) in [4.78, 5) is 8.80. The highest BCUT2D eigenvalue weighted by molar-refractivity contribution is 5.90. The molecule has 15 heavy (non-hydrogen) atoms. The molecule has 1 heterocycles. The van der Waals surface area contributed by atoms with Crippen molar-refractivity contribution < 1.29 is 0 Å². The predicted octanol–water partition coefficient (Wildman–Crippen LogP) is 2.34. The molecule has 0 fully saturated rings. The van der Waals surface area contributed by atoms with E-state index < -0.39 is 0 Å². The number of benzene rings is 1. The third-order valence-corrected chi connectivity index (χ3v) is 2.58. The van der Waals surface area contributed by atoms with Gasteiger partial charge in [0.15, 0.2) is 0 Å². The Bertz CT molecular complexity index is 491. The molecule has 0 bridgehead atoms. The summed E-state index contributed by atoms with van der Waals surface area (Å²) in [6.07, 6.45) is 1.79. The van der Waals surface area contributed by atoms with Crippen LogP contribution in [0.15, 0.2) is 18.2 Å². The van der Waals surface area contributed by atoms with Crippen LogP contribution in [0.2, 0.25) is 0 Å². The fourth-order valence-corrected chi connectivity index (χ4v) is 1.73. The maximum atomic E-state index is 5.91. The maximum Gasteiger partial charge on any atom is 0.135 e. The third-order valence-electron chi connectivity index (χ3n) is 2.58. The minimum absolute atomic E-state index is 0.590. The van der Waals surface area contributed by atoms with Crippen LogP contribution in [0.1, 0.15) is 25.2 Å². The van der Waals surface area contributed by atoms with Gasteiger partial charge in [0.25, 0.3) is 0 Å². The SMILES string of the molecule is CCc1nc(N)c2cccc(CC)c2n1. The van der Waals surface area contributed by atoms with E-state index in [2.05, 4.69) is 23.0 Å². The topological polar surface area (TPSA) is 51.8 Å². The van der Waals surface area contributed by atoms with E-state index >= 15 is 0 Å². The molecule has 0 unspecified atom stereocenters. The van der Waals surface area contributed by atoms with Crippen molar-refractivity contribution in [2.75, 3.05) is 5.73 Å². The van der Waals surface area contributed by atoms with E-state index in [0.717, 1.165) is 29.6 Å². The van der Waals surface area contributed by atoms with Crippen molar-refractivity contribution in [1.29, 1.82) is 0 Å². The molecule has 1 aromatic carbocycles. The summed E-state index contributed by atoms with van der Waals surface area (Å²) >= 11 is 0. The molecule has 0 atom stereocenters. The summed E-state index contributed by atoms with van der Waals surface area (Å²) in [6.45, 7) is 4.16. The Labute approximate surface area is 89.4 Å². The van der Waals surface area contributed by atoms with Gasteiger partial charge in [0.2, 0.25) is 0 Å². The lowest BCUT2D eigenvalue weighted by Gasteiger charge is -2.07. The van der Waals surface area contributed by atoms with Gasteiger partial charge in [0.05, 0.1) is 5.52 Å². The smallest absolute Gasteiger partial charge is 0.135 e. The van der Waals surface area contributed by atoms with Crippen LogP contribution >= 0.6 is 0 Å². The van der Waals surface area contributed by atoms with Crippen molar-refractivity contribution in [3.8, 4) is 0 Å². The highest BCUT2D eigenvalue weighted by Gasteiger charge is 2.06. The number of hydrogen-bond donors (Lipinski definition) is 1. The molecule has 0 spiro atoms. The molecular weight excluding hydrogens is 186 g/mol. The van der Waals surface area contributed by atoms with Gasteiger partial charge in [-0.1, -0.05) is 26.0 Å². The number of para-hydroxylation sites is 1. The molecule has 1 aromatic heterocycles. The van der Waals surface area contributed by atoms with Crippen LogP contribution in [0.4, 0.5) is 5.82 Å². The minimum Gasteiger partial charge on any atom is -0.383 e. The van der Waals surface area contributed by atoms with Crippen molar-refractivity contribution in [3.05, 3.63) is 29.6 Å². The maximum absolute atomic E-state index is 5.91. The van der Waals surface area contributed by atoms with Crippen molar-refractivity contribution in [2.24, 2.45) is 0 Å². The van der Waals surface area contributed by atoms with Crippen molar-refractivity contribution in [2.45, 2.75) is 26.7 Å². The Kier molecular flexibility index (Phi) is 2.54. The van der Waals surface area contributed by atoms with Crippen LogP contribution in [0.5, 0.6) is 0 Å². The normalized spacial score (nSPS) is 10.8. The van der Waals surface area contributed by atoms with E-state index in [9.17, 15) is 0 Å². The number of nitrogen functional groups attached to an aromatic ring is 1.